The molecule has 1 aromatic heterocycles. The molecule has 2 unspecified atom stereocenters. The number of aliphatic hydroxyl groups excluding tert-OH is 2. The number of nitrogens with one attached hydrogen (secondary N) is 1. The summed E-state index contributed by atoms with van der Waals surface area (Å²) in [6.07, 6.45) is -0.635. The van der Waals surface area contributed by atoms with Crippen molar-refractivity contribution in [3.8, 4) is 0 Å². The first-order valence-corrected chi connectivity index (χ1v) is 5.89. The lowest BCUT2D eigenvalue weighted by atomic mass is 10.0. The molecule has 1 aromatic rings. The number of carbonyl (C=O) groups excluding carboxylic acids is 1. The fraction of sp³-hybridized carbons (Fsp3) is 0.500. The van der Waals surface area contributed by atoms with Crippen molar-refractivity contribution in [1.82, 2.24) is 4.98 Å². The summed E-state index contributed by atoms with van der Waals surface area (Å²) in [7, 11) is 0. The van der Waals surface area contributed by atoms with E-state index in [9.17, 15) is 15.0 Å². The number of ether oxygens (including phenoxy) is 1. The third-order valence-electron chi connectivity index (χ3n) is 2.84. The fourth-order valence-corrected chi connectivity index (χ4v) is 1.89. The topological polar surface area (TPSA) is 91.7 Å². The summed E-state index contributed by atoms with van der Waals surface area (Å²) in [6.45, 7) is 2.61. The first-order chi connectivity index (χ1) is 8.63. The molecule has 0 spiro atoms. The zero-order valence-corrected chi connectivity index (χ0v) is 10.1. The smallest absolute Gasteiger partial charge is 0.338 e. The Morgan fingerprint density at radius 2 is 2.39 bits per heavy atom. The van der Waals surface area contributed by atoms with Gasteiger partial charge in [0.2, 0.25) is 0 Å². The van der Waals surface area contributed by atoms with Gasteiger partial charge in [-0.2, -0.15) is 0 Å². The summed E-state index contributed by atoms with van der Waals surface area (Å²) in [6, 6.07) is 1.75. The van der Waals surface area contributed by atoms with Crippen molar-refractivity contribution in [2.45, 2.75) is 25.6 Å². The molecule has 2 heterocycles. The van der Waals surface area contributed by atoms with E-state index in [-0.39, 0.29) is 6.61 Å². The molecular weight excluding hydrogens is 236 g/mol. The number of aliphatic hydroxyl groups is 2. The van der Waals surface area contributed by atoms with E-state index in [1.807, 2.05) is 0 Å². The second kappa shape index (κ2) is 5.32. The number of carbonyl (C=O) groups is 1. The third-order valence-corrected chi connectivity index (χ3v) is 2.84. The van der Waals surface area contributed by atoms with Gasteiger partial charge in [-0.25, -0.2) is 9.78 Å². The van der Waals surface area contributed by atoms with E-state index in [1.165, 1.54) is 6.20 Å². The maximum absolute atomic E-state index is 11.3. The van der Waals surface area contributed by atoms with E-state index < -0.39 is 18.2 Å². The average molecular weight is 252 g/mol. The minimum absolute atomic E-state index is 0.162. The summed E-state index contributed by atoms with van der Waals surface area (Å²) in [5.41, 5.74) is 1.39. The zero-order chi connectivity index (χ0) is 13.1. The summed E-state index contributed by atoms with van der Waals surface area (Å²) < 4.78 is 4.66. The molecule has 1 aliphatic heterocycles. The molecule has 0 aliphatic carbocycles. The predicted molar refractivity (Wildman–Crippen MR) is 64.0 cm³/mol. The lowest BCUT2D eigenvalue weighted by Crippen LogP contribution is -2.30. The molecule has 2 rings (SSSR count). The van der Waals surface area contributed by atoms with Crippen molar-refractivity contribution >= 4 is 11.8 Å². The molecule has 0 aromatic carbocycles. The van der Waals surface area contributed by atoms with Crippen molar-refractivity contribution in [3.05, 3.63) is 23.4 Å². The van der Waals surface area contributed by atoms with Gasteiger partial charge in [0.1, 0.15) is 11.9 Å². The van der Waals surface area contributed by atoms with Crippen molar-refractivity contribution in [2.75, 3.05) is 18.5 Å². The highest BCUT2D eigenvalue weighted by atomic mass is 16.5. The largest absolute Gasteiger partial charge is 0.464 e. The number of pyridine rings is 1. The first-order valence-electron chi connectivity index (χ1n) is 5.89. The number of hydrogen-bond donors (Lipinski definition) is 3. The highest BCUT2D eigenvalue weighted by Crippen LogP contribution is 2.24. The molecule has 0 saturated carbocycles. The number of fused-ring (bicyclic) bond motifs is 1. The molecule has 2 atom stereocenters. The van der Waals surface area contributed by atoms with Gasteiger partial charge in [0, 0.05) is 18.3 Å². The number of anilines is 1. The first kappa shape index (κ1) is 12.8. The number of rotatable bonds is 4. The van der Waals surface area contributed by atoms with Crippen LogP contribution in [0, 0.1) is 0 Å². The highest BCUT2D eigenvalue weighted by Gasteiger charge is 2.28. The second-order valence-corrected chi connectivity index (χ2v) is 4.09. The van der Waals surface area contributed by atoms with Gasteiger partial charge in [0.05, 0.1) is 6.61 Å². The fourth-order valence-electron chi connectivity index (χ4n) is 1.89. The molecule has 0 bridgehead atoms. The summed E-state index contributed by atoms with van der Waals surface area (Å²) in [5, 5.41) is 22.6. The Morgan fingerprint density at radius 3 is 3.11 bits per heavy atom. The number of nitrogens with zero attached hydrogens (tertiary/aromatic N) is 1. The number of hydrogen-bond acceptors (Lipinski definition) is 6. The van der Waals surface area contributed by atoms with Crippen molar-refractivity contribution < 1.29 is 19.7 Å². The monoisotopic (exact) mass is 252 g/mol. The molecule has 0 amide bonds. The van der Waals surface area contributed by atoms with Crippen LogP contribution in [0.15, 0.2) is 12.3 Å². The van der Waals surface area contributed by atoms with E-state index in [0.29, 0.717) is 5.56 Å². The van der Waals surface area contributed by atoms with Gasteiger partial charge >= 0.3 is 5.97 Å². The molecule has 6 nitrogen and oxygen atoms in total. The van der Waals surface area contributed by atoms with Crippen LogP contribution in [-0.2, 0) is 16.0 Å². The van der Waals surface area contributed by atoms with Gasteiger partial charge < -0.3 is 20.3 Å². The highest BCUT2D eigenvalue weighted by molar-refractivity contribution is 5.75. The van der Waals surface area contributed by atoms with Crippen LogP contribution in [0.25, 0.3) is 0 Å². The lowest BCUT2D eigenvalue weighted by molar-refractivity contribution is -0.159. The Kier molecular flexibility index (Phi) is 3.78. The SMILES string of the molecule is CCOC(=O)C(O)C(O)c1cnc2c(c1)CCN2. The van der Waals surface area contributed by atoms with Gasteiger partial charge in [-0.05, 0) is 25.0 Å². The van der Waals surface area contributed by atoms with Gasteiger partial charge in [-0.1, -0.05) is 0 Å². The van der Waals surface area contributed by atoms with Crippen LogP contribution in [0.5, 0.6) is 0 Å². The standard InChI is InChI=1S/C12H16N2O4/c1-2-18-12(17)10(16)9(15)8-5-7-3-4-13-11(7)14-6-8/h5-6,9-10,15-16H,2-4H2,1H3,(H,13,14). The molecule has 0 fully saturated rings. The minimum atomic E-state index is -1.58. The molecule has 18 heavy (non-hydrogen) atoms. The maximum atomic E-state index is 11.3. The van der Waals surface area contributed by atoms with Crippen LogP contribution in [0.1, 0.15) is 24.2 Å². The van der Waals surface area contributed by atoms with Gasteiger partial charge in [0.25, 0.3) is 0 Å². The van der Waals surface area contributed by atoms with Gasteiger partial charge in [-0.3, -0.25) is 0 Å². The molecule has 0 saturated heterocycles. The summed E-state index contributed by atoms with van der Waals surface area (Å²) in [4.78, 5) is 15.5. The minimum Gasteiger partial charge on any atom is -0.464 e. The molecular formula is C12H16N2O4. The van der Waals surface area contributed by atoms with Gasteiger partial charge in [-0.15, -0.1) is 0 Å². The molecule has 1 aliphatic rings. The Balaban J connectivity index is 2.13. The van der Waals surface area contributed by atoms with Crippen LogP contribution < -0.4 is 5.32 Å². The van der Waals surface area contributed by atoms with Crippen LogP contribution in [0.2, 0.25) is 0 Å². The van der Waals surface area contributed by atoms with E-state index >= 15 is 0 Å². The summed E-state index contributed by atoms with van der Waals surface area (Å²) >= 11 is 0. The van der Waals surface area contributed by atoms with E-state index in [0.717, 1.165) is 24.3 Å². The quantitative estimate of drug-likeness (QED) is 0.654. The molecule has 6 heteroatoms. The van der Waals surface area contributed by atoms with Crippen LogP contribution in [-0.4, -0.2) is 40.4 Å². The number of aromatic nitrogens is 1. The predicted octanol–water partition coefficient (Wildman–Crippen LogP) is 0.00700. The molecule has 0 radical (unpaired) electrons. The molecule has 98 valence electrons. The van der Waals surface area contributed by atoms with Crippen molar-refractivity contribution in [1.29, 1.82) is 0 Å². The zero-order valence-electron chi connectivity index (χ0n) is 10.1. The lowest BCUT2D eigenvalue weighted by Gasteiger charge is -2.16. The van der Waals surface area contributed by atoms with Crippen molar-refractivity contribution in [3.63, 3.8) is 0 Å². The Hall–Kier alpha value is -1.66. The average Bonchev–Trinajstić information content (AvgIpc) is 2.84. The molecule has 3 N–H and O–H groups in total. The van der Waals surface area contributed by atoms with Crippen molar-refractivity contribution in [2.24, 2.45) is 0 Å². The van der Waals surface area contributed by atoms with Crippen LogP contribution in [0.4, 0.5) is 5.82 Å². The van der Waals surface area contributed by atoms with Crippen LogP contribution in [0.3, 0.4) is 0 Å². The summed E-state index contributed by atoms with van der Waals surface area (Å²) in [5.74, 6) is -0.0415. The Labute approximate surface area is 105 Å². The second-order valence-electron chi connectivity index (χ2n) is 4.09. The third kappa shape index (κ3) is 2.44. The van der Waals surface area contributed by atoms with E-state index in [4.69, 9.17) is 0 Å². The Bertz CT molecular complexity index is 450. The van der Waals surface area contributed by atoms with E-state index in [1.54, 1.807) is 13.0 Å². The Morgan fingerprint density at radius 1 is 1.61 bits per heavy atom. The van der Waals surface area contributed by atoms with Crippen LogP contribution >= 0.6 is 0 Å². The number of esters is 1. The maximum Gasteiger partial charge on any atom is 0.338 e. The van der Waals surface area contributed by atoms with E-state index in [2.05, 4.69) is 15.0 Å². The normalized spacial score (nSPS) is 16.6. The van der Waals surface area contributed by atoms with Gasteiger partial charge in [0.15, 0.2) is 6.10 Å².